The number of halogens is 3. The number of carbonyl (C=O) groups is 1. The average molecular weight is 442 g/mol. The molecule has 5 nitrogen and oxygen atoms in total. The van der Waals surface area contributed by atoms with Crippen LogP contribution in [0.1, 0.15) is 17.4 Å². The van der Waals surface area contributed by atoms with Crippen molar-refractivity contribution in [3.05, 3.63) is 52.1 Å². The van der Waals surface area contributed by atoms with E-state index in [2.05, 4.69) is 31.0 Å². The molecule has 0 aliphatic heterocycles. The van der Waals surface area contributed by atoms with Crippen molar-refractivity contribution in [2.75, 3.05) is 5.32 Å². The van der Waals surface area contributed by atoms with Crippen LogP contribution in [-0.2, 0) is 6.54 Å². The van der Waals surface area contributed by atoms with Gasteiger partial charge in [0.25, 0.3) is 5.91 Å². The van der Waals surface area contributed by atoms with Gasteiger partial charge in [-0.1, -0.05) is 12.1 Å². The van der Waals surface area contributed by atoms with Crippen LogP contribution in [0.4, 0.5) is 13.9 Å². The minimum atomic E-state index is -2.92. The van der Waals surface area contributed by atoms with Gasteiger partial charge in [-0.3, -0.25) is 10.1 Å². The lowest BCUT2D eigenvalue weighted by molar-refractivity contribution is -0.0494. The van der Waals surface area contributed by atoms with E-state index in [4.69, 9.17) is 0 Å². The van der Waals surface area contributed by atoms with Gasteiger partial charge in [0.2, 0.25) is 0 Å². The van der Waals surface area contributed by atoms with Gasteiger partial charge in [-0.05, 0) is 41.1 Å². The molecule has 136 valence electrons. The lowest BCUT2D eigenvalue weighted by Gasteiger charge is -2.08. The molecule has 0 saturated heterocycles. The number of aromatic nitrogens is 2. The number of rotatable bonds is 6. The van der Waals surface area contributed by atoms with Crippen LogP contribution in [0.5, 0.6) is 5.75 Å². The summed E-state index contributed by atoms with van der Waals surface area (Å²) in [5.74, 6) is -0.259. The second kappa shape index (κ2) is 7.96. The third-order valence-corrected chi connectivity index (χ3v) is 4.73. The minimum Gasteiger partial charge on any atom is -0.434 e. The summed E-state index contributed by atoms with van der Waals surface area (Å²) in [5.41, 5.74) is 1.38. The van der Waals surface area contributed by atoms with Gasteiger partial charge < -0.3 is 9.30 Å². The van der Waals surface area contributed by atoms with Crippen molar-refractivity contribution in [3.63, 3.8) is 0 Å². The average Bonchev–Trinajstić information content (AvgIpc) is 3.21. The minimum absolute atomic E-state index is 0.0365. The molecule has 2 aromatic heterocycles. The maximum atomic E-state index is 12.6. The number of benzene rings is 1. The molecule has 1 aromatic carbocycles. The highest BCUT2D eigenvalue weighted by molar-refractivity contribution is 9.10. The van der Waals surface area contributed by atoms with Gasteiger partial charge in [-0.25, -0.2) is 4.98 Å². The fourth-order valence-electron chi connectivity index (χ4n) is 2.42. The van der Waals surface area contributed by atoms with Gasteiger partial charge in [0, 0.05) is 28.2 Å². The van der Waals surface area contributed by atoms with Gasteiger partial charge >= 0.3 is 6.61 Å². The van der Waals surface area contributed by atoms with Crippen molar-refractivity contribution in [3.8, 4) is 17.0 Å². The van der Waals surface area contributed by atoms with Crippen molar-refractivity contribution in [2.45, 2.75) is 20.1 Å². The molecule has 2 heterocycles. The molecule has 9 heteroatoms. The molecule has 0 atom stereocenters. The smallest absolute Gasteiger partial charge is 0.387 e. The number of hydrogen-bond donors (Lipinski definition) is 1. The molecule has 0 fully saturated rings. The summed E-state index contributed by atoms with van der Waals surface area (Å²) in [7, 11) is 0. The Bertz CT molecular complexity index is 926. The number of thiazole rings is 1. The first-order valence-corrected chi connectivity index (χ1v) is 9.32. The molecule has 1 amide bonds. The molecule has 0 bridgehead atoms. The van der Waals surface area contributed by atoms with Crippen molar-refractivity contribution in [1.82, 2.24) is 9.55 Å². The fourth-order valence-corrected chi connectivity index (χ4v) is 3.59. The van der Waals surface area contributed by atoms with E-state index in [0.29, 0.717) is 28.6 Å². The lowest BCUT2D eigenvalue weighted by atomic mass is 10.1. The lowest BCUT2D eigenvalue weighted by Crippen LogP contribution is -2.16. The summed E-state index contributed by atoms with van der Waals surface area (Å²) >= 11 is 4.56. The number of ether oxygens (including phenoxy) is 1. The zero-order valence-electron chi connectivity index (χ0n) is 13.6. The summed E-state index contributed by atoms with van der Waals surface area (Å²) in [5, 5.41) is 4.79. The molecule has 0 spiro atoms. The number of alkyl halides is 2. The number of aryl methyl sites for hydroxylation is 1. The highest BCUT2D eigenvalue weighted by Gasteiger charge is 2.16. The van der Waals surface area contributed by atoms with E-state index in [1.807, 2.05) is 13.1 Å². The molecule has 0 radical (unpaired) electrons. The first kappa shape index (κ1) is 18.5. The molecule has 3 aromatic rings. The quantitative estimate of drug-likeness (QED) is 0.568. The zero-order valence-corrected chi connectivity index (χ0v) is 16.0. The number of nitrogens with zero attached hydrogens (tertiary/aromatic N) is 2. The Labute approximate surface area is 160 Å². The van der Waals surface area contributed by atoms with Crippen LogP contribution in [0.15, 0.2) is 46.4 Å². The molecule has 0 unspecified atom stereocenters. The van der Waals surface area contributed by atoms with Crippen molar-refractivity contribution < 1.29 is 18.3 Å². The first-order valence-electron chi connectivity index (χ1n) is 7.64. The fraction of sp³-hybridized carbons (Fsp3) is 0.176. The maximum absolute atomic E-state index is 12.6. The Morgan fingerprint density at radius 2 is 2.19 bits per heavy atom. The molecule has 0 saturated carbocycles. The number of amides is 1. The highest BCUT2D eigenvalue weighted by atomic mass is 79.9. The van der Waals surface area contributed by atoms with Crippen LogP contribution in [0.3, 0.4) is 0 Å². The normalized spacial score (nSPS) is 11.0. The summed E-state index contributed by atoms with van der Waals surface area (Å²) < 4.78 is 32.2. The van der Waals surface area contributed by atoms with Gasteiger partial charge in [0.05, 0.1) is 5.69 Å². The molecule has 3 rings (SSSR count). The summed E-state index contributed by atoms with van der Waals surface area (Å²) in [6, 6.07) is 8.12. The molecular formula is C17H14BrF2N3O2S. The van der Waals surface area contributed by atoms with Crippen LogP contribution < -0.4 is 10.1 Å². The first-order chi connectivity index (χ1) is 12.5. The number of hydrogen-bond acceptors (Lipinski definition) is 4. The molecule has 1 N–H and O–H groups in total. The Kier molecular flexibility index (Phi) is 5.67. The van der Waals surface area contributed by atoms with Crippen LogP contribution in [0.25, 0.3) is 11.3 Å². The molecule has 26 heavy (non-hydrogen) atoms. The standard InChI is InChI=1S/C17H14BrF2N3O2S/c1-2-23-8-10(18)7-13(23)15(24)22-17-21-12(9-26-17)11-5-3-4-6-14(11)25-16(19)20/h3-9,16H,2H2,1H3,(H,21,22,24). The SMILES string of the molecule is CCn1cc(Br)cc1C(=O)Nc1nc(-c2ccccc2OC(F)F)cs1. The number of carbonyl (C=O) groups excluding carboxylic acids is 1. The van der Waals surface area contributed by atoms with Gasteiger partial charge in [-0.2, -0.15) is 8.78 Å². The Balaban J connectivity index is 1.81. The number of anilines is 1. The van der Waals surface area contributed by atoms with Crippen LogP contribution in [-0.4, -0.2) is 22.1 Å². The van der Waals surface area contributed by atoms with E-state index in [-0.39, 0.29) is 11.7 Å². The Morgan fingerprint density at radius 3 is 2.92 bits per heavy atom. The topological polar surface area (TPSA) is 56.2 Å². The van der Waals surface area contributed by atoms with E-state index in [0.717, 1.165) is 4.47 Å². The summed E-state index contributed by atoms with van der Waals surface area (Å²) in [4.78, 5) is 16.8. The van der Waals surface area contributed by atoms with Crippen LogP contribution in [0.2, 0.25) is 0 Å². The second-order valence-corrected chi connectivity index (χ2v) is 6.97. The summed E-state index contributed by atoms with van der Waals surface area (Å²) in [6.07, 6.45) is 1.82. The van der Waals surface area contributed by atoms with E-state index in [9.17, 15) is 13.6 Å². The molecule has 0 aliphatic carbocycles. The Morgan fingerprint density at radius 1 is 1.42 bits per heavy atom. The predicted octanol–water partition coefficient (Wildman–Crippen LogP) is 5.25. The van der Waals surface area contributed by atoms with Gasteiger partial charge in [0.15, 0.2) is 5.13 Å². The number of para-hydroxylation sites is 1. The van der Waals surface area contributed by atoms with E-state index < -0.39 is 6.61 Å². The predicted molar refractivity (Wildman–Crippen MR) is 99.9 cm³/mol. The van der Waals surface area contributed by atoms with E-state index in [1.165, 1.54) is 17.4 Å². The number of nitrogens with one attached hydrogen (secondary N) is 1. The van der Waals surface area contributed by atoms with Crippen molar-refractivity contribution in [2.24, 2.45) is 0 Å². The third-order valence-electron chi connectivity index (χ3n) is 3.54. The monoisotopic (exact) mass is 441 g/mol. The Hall–Kier alpha value is -2.26. The van der Waals surface area contributed by atoms with Gasteiger partial charge in [-0.15, -0.1) is 11.3 Å². The maximum Gasteiger partial charge on any atom is 0.387 e. The van der Waals surface area contributed by atoms with Crippen molar-refractivity contribution >= 4 is 38.3 Å². The molecular weight excluding hydrogens is 428 g/mol. The highest BCUT2D eigenvalue weighted by Crippen LogP contribution is 2.33. The van der Waals surface area contributed by atoms with Crippen molar-refractivity contribution in [1.29, 1.82) is 0 Å². The van der Waals surface area contributed by atoms with Crippen LogP contribution >= 0.6 is 27.3 Å². The van der Waals surface area contributed by atoms with Crippen LogP contribution in [0, 0.1) is 0 Å². The third kappa shape index (κ3) is 4.10. The second-order valence-electron chi connectivity index (χ2n) is 5.20. The zero-order chi connectivity index (χ0) is 18.7. The van der Waals surface area contributed by atoms with E-state index >= 15 is 0 Å². The van der Waals surface area contributed by atoms with E-state index in [1.54, 1.807) is 34.2 Å². The largest absolute Gasteiger partial charge is 0.434 e. The molecule has 0 aliphatic rings. The summed E-state index contributed by atoms with van der Waals surface area (Å²) in [6.45, 7) is -0.338. The van der Waals surface area contributed by atoms with Gasteiger partial charge in [0.1, 0.15) is 11.4 Å².